The van der Waals surface area contributed by atoms with Crippen LogP contribution >= 0.6 is 0 Å². The van der Waals surface area contributed by atoms with Crippen LogP contribution in [0.2, 0.25) is 0 Å². The molecular weight excluding hydrogens is 320 g/mol. The fraction of sp³-hybridized carbons (Fsp3) is 0.667. The molecule has 1 fully saturated rings. The van der Waals surface area contributed by atoms with E-state index in [0.29, 0.717) is 23.9 Å². The molecule has 1 aromatic carbocycles. The van der Waals surface area contributed by atoms with Crippen molar-refractivity contribution >= 4 is 0 Å². The molecule has 0 spiro atoms. The van der Waals surface area contributed by atoms with Crippen molar-refractivity contribution in [1.29, 1.82) is 0 Å². The van der Waals surface area contributed by atoms with Crippen LogP contribution in [-0.2, 0) is 4.74 Å². The Morgan fingerprint density at radius 1 is 0.923 bits per heavy atom. The van der Waals surface area contributed by atoms with Crippen LogP contribution < -0.4 is 4.74 Å². The van der Waals surface area contributed by atoms with Gasteiger partial charge in [-0.25, -0.2) is 0 Å². The van der Waals surface area contributed by atoms with Gasteiger partial charge in [0.2, 0.25) is 6.29 Å². The van der Waals surface area contributed by atoms with Crippen LogP contribution in [0, 0.1) is 11.8 Å². The van der Waals surface area contributed by atoms with Crippen LogP contribution in [0.4, 0.5) is 0 Å². The first kappa shape index (κ1) is 21.0. The lowest BCUT2D eigenvalue weighted by atomic mass is 9.87. The molecule has 0 aliphatic heterocycles. The van der Waals surface area contributed by atoms with E-state index in [9.17, 15) is 0 Å². The first-order valence-electron chi connectivity index (χ1n) is 10.4. The highest BCUT2D eigenvalue weighted by molar-refractivity contribution is 5.32. The largest absolute Gasteiger partial charge is 0.465 e. The Morgan fingerprint density at radius 2 is 1.54 bits per heavy atom. The Hall–Kier alpha value is -1.28. The summed E-state index contributed by atoms with van der Waals surface area (Å²) in [6.07, 6.45) is 8.81. The Balaban J connectivity index is 2.04. The van der Waals surface area contributed by atoms with Gasteiger partial charge in [-0.15, -0.1) is 0 Å². The molecule has 0 saturated heterocycles. The van der Waals surface area contributed by atoms with E-state index in [1.807, 2.05) is 0 Å². The zero-order valence-corrected chi connectivity index (χ0v) is 17.6. The van der Waals surface area contributed by atoms with E-state index in [-0.39, 0.29) is 6.29 Å². The van der Waals surface area contributed by atoms with E-state index < -0.39 is 0 Å². The average Bonchev–Trinajstić information content (AvgIpc) is 2.60. The highest BCUT2D eigenvalue weighted by Crippen LogP contribution is 2.30. The van der Waals surface area contributed by atoms with Gasteiger partial charge in [-0.2, -0.15) is 0 Å². The van der Waals surface area contributed by atoms with Crippen molar-refractivity contribution in [2.45, 2.75) is 92.0 Å². The molecule has 146 valence electrons. The maximum Gasteiger partial charge on any atom is 0.202 e. The summed E-state index contributed by atoms with van der Waals surface area (Å²) in [5.74, 6) is 2.27. The van der Waals surface area contributed by atoms with E-state index in [1.165, 1.54) is 43.2 Å². The minimum atomic E-state index is -0.164. The Labute approximate surface area is 161 Å². The molecule has 1 aliphatic carbocycles. The average molecular weight is 359 g/mol. The molecule has 0 bridgehead atoms. The summed E-state index contributed by atoms with van der Waals surface area (Å²) in [5.41, 5.74) is 2.72. The molecule has 0 radical (unpaired) electrons. The monoisotopic (exact) mass is 358 g/mol. The number of benzene rings is 1. The number of allylic oxidation sites excluding steroid dienone is 2. The first-order chi connectivity index (χ1) is 12.4. The van der Waals surface area contributed by atoms with Gasteiger partial charge in [0.05, 0.1) is 6.10 Å². The second-order valence-corrected chi connectivity index (χ2v) is 8.71. The lowest BCUT2D eigenvalue weighted by Crippen LogP contribution is -2.32. The Bertz CT molecular complexity index is 546. The van der Waals surface area contributed by atoms with Gasteiger partial charge < -0.3 is 9.47 Å². The molecule has 0 aromatic heterocycles. The predicted octanol–water partition coefficient (Wildman–Crippen LogP) is 7.10. The zero-order valence-electron chi connectivity index (χ0n) is 17.6. The lowest BCUT2D eigenvalue weighted by molar-refractivity contribution is -0.150. The van der Waals surface area contributed by atoms with Gasteiger partial charge in [0.15, 0.2) is 0 Å². The van der Waals surface area contributed by atoms with Crippen molar-refractivity contribution in [1.82, 2.24) is 0 Å². The van der Waals surface area contributed by atoms with Gasteiger partial charge >= 0.3 is 0 Å². The lowest BCUT2D eigenvalue weighted by Gasteiger charge is -2.30. The van der Waals surface area contributed by atoms with Crippen LogP contribution in [0.25, 0.3) is 0 Å². The fourth-order valence-corrected chi connectivity index (χ4v) is 3.65. The van der Waals surface area contributed by atoms with Gasteiger partial charge in [-0.05, 0) is 50.3 Å². The van der Waals surface area contributed by atoms with Gasteiger partial charge in [-0.1, -0.05) is 70.7 Å². The van der Waals surface area contributed by atoms with Gasteiger partial charge in [0.1, 0.15) is 5.75 Å². The van der Waals surface area contributed by atoms with Crippen LogP contribution in [-0.4, -0.2) is 12.4 Å². The van der Waals surface area contributed by atoms with Crippen LogP contribution in [0.3, 0.4) is 0 Å². The van der Waals surface area contributed by atoms with Crippen LogP contribution in [0.5, 0.6) is 5.75 Å². The molecule has 2 atom stereocenters. The summed E-state index contributed by atoms with van der Waals surface area (Å²) in [6.45, 7) is 13.2. The number of ether oxygens (including phenoxy) is 2. The van der Waals surface area contributed by atoms with E-state index in [0.717, 1.165) is 5.75 Å². The minimum Gasteiger partial charge on any atom is -0.465 e. The van der Waals surface area contributed by atoms with Crippen LogP contribution in [0.1, 0.15) is 85.1 Å². The molecule has 2 nitrogen and oxygen atoms in total. The maximum atomic E-state index is 6.29. The number of rotatable bonds is 8. The third-order valence-electron chi connectivity index (χ3n) is 5.17. The predicted molar refractivity (Wildman–Crippen MR) is 111 cm³/mol. The maximum absolute atomic E-state index is 6.29. The molecule has 1 aromatic rings. The molecule has 0 N–H and O–H groups in total. The molecule has 1 saturated carbocycles. The summed E-state index contributed by atoms with van der Waals surface area (Å²) >= 11 is 0. The normalized spacial score (nSPS) is 18.0. The Morgan fingerprint density at radius 3 is 2.04 bits per heavy atom. The van der Waals surface area contributed by atoms with Crippen molar-refractivity contribution in [2.24, 2.45) is 11.8 Å². The van der Waals surface area contributed by atoms with Crippen LogP contribution in [0.15, 0.2) is 35.9 Å². The summed E-state index contributed by atoms with van der Waals surface area (Å²) in [6, 6.07) is 8.61. The molecule has 26 heavy (non-hydrogen) atoms. The zero-order chi connectivity index (χ0) is 19.1. The Kier molecular flexibility index (Phi) is 8.21. The third kappa shape index (κ3) is 6.46. The second-order valence-electron chi connectivity index (χ2n) is 8.71. The van der Waals surface area contributed by atoms with Crippen molar-refractivity contribution < 1.29 is 9.47 Å². The number of hydrogen-bond acceptors (Lipinski definition) is 2. The van der Waals surface area contributed by atoms with E-state index in [1.54, 1.807) is 0 Å². The quantitative estimate of drug-likeness (QED) is 0.364. The molecular formula is C24H38O2. The first-order valence-corrected chi connectivity index (χ1v) is 10.4. The fourth-order valence-electron chi connectivity index (χ4n) is 3.65. The SMILES string of the molecule is CC(C)=CC(c1ccc(OC(OC2CCCCC2)C(C)C)cc1)C(C)C. The summed E-state index contributed by atoms with van der Waals surface area (Å²) in [5, 5.41) is 0. The molecule has 2 rings (SSSR count). The summed E-state index contributed by atoms with van der Waals surface area (Å²) in [4.78, 5) is 0. The van der Waals surface area contributed by atoms with E-state index in [4.69, 9.17) is 9.47 Å². The third-order valence-corrected chi connectivity index (χ3v) is 5.17. The smallest absolute Gasteiger partial charge is 0.202 e. The highest BCUT2D eigenvalue weighted by atomic mass is 16.7. The van der Waals surface area contributed by atoms with Crippen molar-refractivity contribution in [2.75, 3.05) is 0 Å². The van der Waals surface area contributed by atoms with Gasteiger partial charge in [-0.3, -0.25) is 0 Å². The molecule has 0 heterocycles. The van der Waals surface area contributed by atoms with Gasteiger partial charge in [0, 0.05) is 11.8 Å². The van der Waals surface area contributed by atoms with Crippen molar-refractivity contribution in [3.05, 3.63) is 41.5 Å². The second kappa shape index (κ2) is 10.2. The summed E-state index contributed by atoms with van der Waals surface area (Å²) in [7, 11) is 0. The van der Waals surface area contributed by atoms with E-state index in [2.05, 4.69) is 71.9 Å². The van der Waals surface area contributed by atoms with Crippen molar-refractivity contribution in [3.63, 3.8) is 0 Å². The molecule has 1 aliphatic rings. The number of hydrogen-bond donors (Lipinski definition) is 0. The minimum absolute atomic E-state index is 0.164. The standard InChI is InChI=1S/C24H38O2/c1-17(2)16-23(18(3)4)20-12-14-22(15-13-20)26-24(19(5)6)25-21-10-8-7-9-11-21/h12-16,18-19,21,23-24H,7-11H2,1-6H3. The molecule has 2 unspecified atom stereocenters. The topological polar surface area (TPSA) is 18.5 Å². The highest BCUT2D eigenvalue weighted by Gasteiger charge is 2.23. The molecule has 0 amide bonds. The summed E-state index contributed by atoms with van der Waals surface area (Å²) < 4.78 is 12.5. The van der Waals surface area contributed by atoms with Crippen molar-refractivity contribution in [3.8, 4) is 5.75 Å². The van der Waals surface area contributed by atoms with E-state index >= 15 is 0 Å². The van der Waals surface area contributed by atoms with Gasteiger partial charge in [0.25, 0.3) is 0 Å². The molecule has 2 heteroatoms.